The Labute approximate surface area is 124 Å². The summed E-state index contributed by atoms with van der Waals surface area (Å²) in [6.07, 6.45) is 6.04. The van der Waals surface area contributed by atoms with Gasteiger partial charge in [0.05, 0.1) is 5.75 Å². The molecule has 0 radical (unpaired) electrons. The van der Waals surface area contributed by atoms with Crippen molar-refractivity contribution in [3.8, 4) is 0 Å². The molecule has 0 aromatic heterocycles. The molecule has 0 aliphatic carbocycles. The van der Waals surface area contributed by atoms with Gasteiger partial charge in [-0.3, -0.25) is 4.99 Å². The van der Waals surface area contributed by atoms with E-state index in [4.69, 9.17) is 0 Å². The van der Waals surface area contributed by atoms with Gasteiger partial charge in [0.15, 0.2) is 5.96 Å². The molecule has 1 unspecified atom stereocenters. The quantitative estimate of drug-likeness (QED) is 0.477. The highest BCUT2D eigenvalue weighted by Gasteiger charge is 2.07. The molecule has 0 aromatic carbocycles. The maximum absolute atomic E-state index is 11.1. The fourth-order valence-corrected chi connectivity index (χ4v) is 2.31. The predicted molar refractivity (Wildman–Crippen MR) is 87.0 cm³/mol. The molecule has 0 saturated heterocycles. The third-order valence-electron chi connectivity index (χ3n) is 3.16. The maximum atomic E-state index is 11.1. The second kappa shape index (κ2) is 10.9. The number of hydrogen-bond donors (Lipinski definition) is 2. The molecular formula is C14H31N3O2S. The van der Waals surface area contributed by atoms with E-state index < -0.39 is 9.84 Å². The minimum atomic E-state index is -2.93. The van der Waals surface area contributed by atoms with Gasteiger partial charge < -0.3 is 10.6 Å². The van der Waals surface area contributed by atoms with Crippen LogP contribution in [0.3, 0.4) is 0 Å². The van der Waals surface area contributed by atoms with Crippen molar-refractivity contribution >= 4 is 15.8 Å². The van der Waals surface area contributed by atoms with Crippen LogP contribution in [-0.2, 0) is 9.84 Å². The topological polar surface area (TPSA) is 70.6 Å². The van der Waals surface area contributed by atoms with Crippen LogP contribution in [0.2, 0.25) is 0 Å². The molecule has 6 heteroatoms. The number of unbranched alkanes of at least 4 members (excludes halogenated alkanes) is 1. The minimum absolute atomic E-state index is 0.129. The number of nitrogens with zero attached hydrogens (tertiary/aromatic N) is 1. The second-order valence-corrected chi connectivity index (χ2v) is 7.45. The highest BCUT2D eigenvalue weighted by Crippen LogP contribution is 2.12. The maximum Gasteiger partial charge on any atom is 0.191 e. The van der Waals surface area contributed by atoms with E-state index in [1.54, 1.807) is 0 Å². The predicted octanol–water partition coefficient (Wildman–Crippen LogP) is 1.80. The Balaban J connectivity index is 4.29. The van der Waals surface area contributed by atoms with Gasteiger partial charge in [-0.25, -0.2) is 8.42 Å². The molecule has 0 bridgehead atoms. The van der Waals surface area contributed by atoms with Gasteiger partial charge in [-0.1, -0.05) is 33.1 Å². The molecule has 0 saturated carbocycles. The van der Waals surface area contributed by atoms with Crippen LogP contribution in [0.4, 0.5) is 0 Å². The van der Waals surface area contributed by atoms with Gasteiger partial charge in [0.25, 0.3) is 0 Å². The number of sulfone groups is 1. The second-order valence-electron chi connectivity index (χ2n) is 5.19. The summed E-state index contributed by atoms with van der Waals surface area (Å²) in [4.78, 5) is 4.56. The van der Waals surface area contributed by atoms with Gasteiger partial charge in [0.1, 0.15) is 9.84 Å². The lowest BCUT2D eigenvalue weighted by atomic mass is 10.00. The Morgan fingerprint density at radius 2 is 1.90 bits per heavy atom. The van der Waals surface area contributed by atoms with Gasteiger partial charge >= 0.3 is 0 Å². The molecule has 0 spiro atoms. The molecule has 20 heavy (non-hydrogen) atoms. The first kappa shape index (κ1) is 19.2. The van der Waals surface area contributed by atoms with Crippen molar-refractivity contribution in [2.45, 2.75) is 46.5 Å². The number of aliphatic imine (C=N–C) groups is 1. The number of hydrogen-bond acceptors (Lipinski definition) is 3. The third kappa shape index (κ3) is 11.1. The smallest absolute Gasteiger partial charge is 0.191 e. The molecule has 0 rings (SSSR count). The molecule has 1 atom stereocenters. The Morgan fingerprint density at radius 3 is 2.40 bits per heavy atom. The van der Waals surface area contributed by atoms with E-state index in [0.717, 1.165) is 19.5 Å². The molecular weight excluding hydrogens is 274 g/mol. The summed E-state index contributed by atoms with van der Waals surface area (Å²) < 4.78 is 22.2. The standard InChI is InChI=1S/C14H31N3O2S/c1-5-8-9-13(6-2)12-17-14(15-7-3)16-10-11-20(4,18)19/h13H,5-12H2,1-4H3,(H2,15,16,17). The SMILES string of the molecule is CCCCC(CC)CN=C(NCC)NCCS(C)(=O)=O. The first-order valence-electron chi connectivity index (χ1n) is 7.62. The summed E-state index contributed by atoms with van der Waals surface area (Å²) in [5, 5.41) is 6.22. The third-order valence-corrected chi connectivity index (χ3v) is 4.11. The van der Waals surface area contributed by atoms with Crippen LogP contribution in [-0.4, -0.2) is 46.0 Å². The Morgan fingerprint density at radius 1 is 1.20 bits per heavy atom. The molecule has 0 fully saturated rings. The summed E-state index contributed by atoms with van der Waals surface area (Å²) in [5.41, 5.74) is 0. The van der Waals surface area contributed by atoms with Gasteiger partial charge in [-0.05, 0) is 19.3 Å². The Kier molecular flexibility index (Phi) is 10.5. The van der Waals surface area contributed by atoms with Gasteiger partial charge in [-0.2, -0.15) is 0 Å². The highest BCUT2D eigenvalue weighted by atomic mass is 32.2. The average molecular weight is 305 g/mol. The molecule has 0 heterocycles. The van der Waals surface area contributed by atoms with E-state index in [2.05, 4.69) is 29.5 Å². The van der Waals surface area contributed by atoms with Gasteiger partial charge in [-0.15, -0.1) is 0 Å². The van der Waals surface area contributed by atoms with Crippen LogP contribution in [0, 0.1) is 5.92 Å². The zero-order chi connectivity index (χ0) is 15.4. The van der Waals surface area contributed by atoms with Crippen LogP contribution in [0.1, 0.15) is 46.5 Å². The normalized spacial score (nSPS) is 14.1. The summed E-state index contributed by atoms with van der Waals surface area (Å²) in [5.74, 6) is 1.45. The van der Waals surface area contributed by atoms with E-state index in [-0.39, 0.29) is 5.75 Å². The molecule has 0 aromatic rings. The molecule has 0 amide bonds. The number of rotatable bonds is 10. The molecule has 120 valence electrons. The van der Waals surface area contributed by atoms with E-state index in [1.807, 2.05) is 6.92 Å². The van der Waals surface area contributed by atoms with E-state index in [0.29, 0.717) is 18.4 Å². The number of guanidine groups is 1. The van der Waals surface area contributed by atoms with Crippen molar-refractivity contribution in [3.05, 3.63) is 0 Å². The van der Waals surface area contributed by atoms with Crippen LogP contribution >= 0.6 is 0 Å². The van der Waals surface area contributed by atoms with E-state index in [9.17, 15) is 8.42 Å². The van der Waals surface area contributed by atoms with Crippen LogP contribution in [0.15, 0.2) is 4.99 Å². The van der Waals surface area contributed by atoms with E-state index in [1.165, 1.54) is 25.5 Å². The average Bonchev–Trinajstić information content (AvgIpc) is 2.37. The van der Waals surface area contributed by atoms with Crippen LogP contribution < -0.4 is 10.6 Å². The number of nitrogens with one attached hydrogen (secondary N) is 2. The lowest BCUT2D eigenvalue weighted by molar-refractivity contribution is 0.461. The van der Waals surface area contributed by atoms with Crippen molar-refractivity contribution in [1.82, 2.24) is 10.6 Å². The Bertz CT molecular complexity index is 367. The van der Waals surface area contributed by atoms with Crippen molar-refractivity contribution in [2.75, 3.05) is 31.6 Å². The zero-order valence-corrected chi connectivity index (χ0v) is 14.2. The summed E-state index contributed by atoms with van der Waals surface area (Å²) >= 11 is 0. The van der Waals surface area contributed by atoms with Crippen LogP contribution in [0.25, 0.3) is 0 Å². The monoisotopic (exact) mass is 305 g/mol. The zero-order valence-electron chi connectivity index (χ0n) is 13.4. The van der Waals surface area contributed by atoms with Gasteiger partial charge in [0.2, 0.25) is 0 Å². The molecule has 2 N–H and O–H groups in total. The lowest BCUT2D eigenvalue weighted by Gasteiger charge is -2.14. The summed E-state index contributed by atoms with van der Waals surface area (Å²) in [7, 11) is -2.93. The summed E-state index contributed by atoms with van der Waals surface area (Å²) in [6.45, 7) is 8.37. The minimum Gasteiger partial charge on any atom is -0.357 e. The largest absolute Gasteiger partial charge is 0.357 e. The van der Waals surface area contributed by atoms with Crippen LogP contribution in [0.5, 0.6) is 0 Å². The van der Waals surface area contributed by atoms with E-state index >= 15 is 0 Å². The fourth-order valence-electron chi connectivity index (χ4n) is 1.83. The summed E-state index contributed by atoms with van der Waals surface area (Å²) in [6, 6.07) is 0. The first-order chi connectivity index (χ1) is 9.42. The van der Waals surface area contributed by atoms with Crippen molar-refractivity contribution in [1.29, 1.82) is 0 Å². The first-order valence-corrected chi connectivity index (χ1v) is 9.68. The van der Waals surface area contributed by atoms with Crippen molar-refractivity contribution in [3.63, 3.8) is 0 Å². The molecule has 5 nitrogen and oxygen atoms in total. The highest BCUT2D eigenvalue weighted by molar-refractivity contribution is 7.90. The van der Waals surface area contributed by atoms with Gasteiger partial charge in [0, 0.05) is 25.9 Å². The molecule has 0 aliphatic heterocycles. The molecule has 0 aliphatic rings. The Hall–Kier alpha value is -0.780. The van der Waals surface area contributed by atoms with Crippen molar-refractivity contribution < 1.29 is 8.42 Å². The fraction of sp³-hybridized carbons (Fsp3) is 0.929. The van der Waals surface area contributed by atoms with Crippen molar-refractivity contribution in [2.24, 2.45) is 10.9 Å². The lowest BCUT2D eigenvalue weighted by Crippen LogP contribution is -2.39.